The minimum atomic E-state index is -1.65. The third-order valence-corrected chi connectivity index (χ3v) is 4.91. The summed E-state index contributed by atoms with van der Waals surface area (Å²) in [4.78, 5) is -0.910. The molecule has 0 radical (unpaired) electrons. The van der Waals surface area contributed by atoms with Gasteiger partial charge < -0.3 is 50.0 Å². The van der Waals surface area contributed by atoms with E-state index in [2.05, 4.69) is 15.9 Å². The van der Waals surface area contributed by atoms with Crippen molar-refractivity contribution < 1.29 is 50.0 Å². The number of hydrogen-bond acceptors (Lipinski definition) is 10. The molecule has 0 saturated carbocycles. The highest BCUT2D eigenvalue weighted by Crippen LogP contribution is 2.31. The highest BCUT2D eigenvalue weighted by atomic mass is 79.9. The molecule has 2 heterocycles. The molecule has 0 aromatic heterocycles. The fourth-order valence-electron chi connectivity index (χ4n) is 2.54. The zero-order chi connectivity index (χ0) is 17.3. The third kappa shape index (κ3) is 3.85. The van der Waals surface area contributed by atoms with E-state index in [1.807, 2.05) is 0 Å². The van der Waals surface area contributed by atoms with E-state index < -0.39 is 73.3 Å². The molecule has 10 atom stereocenters. The summed E-state index contributed by atoms with van der Waals surface area (Å²) in [6.07, 6.45) is -12.5. The van der Waals surface area contributed by atoms with Crippen LogP contribution in [0.15, 0.2) is 0 Å². The van der Waals surface area contributed by atoms with E-state index in [4.69, 9.17) is 24.4 Å². The molecule has 0 bridgehead atoms. The number of hydrogen-bond donors (Lipinski definition) is 7. The maximum Gasteiger partial charge on any atom is 0.187 e. The Balaban J connectivity index is 2.11. The van der Waals surface area contributed by atoms with E-state index in [0.29, 0.717) is 0 Å². The summed E-state index contributed by atoms with van der Waals surface area (Å²) in [7, 11) is 0. The fraction of sp³-hybridized carbons (Fsp3) is 1.00. The van der Waals surface area contributed by atoms with Gasteiger partial charge in [0.1, 0.15) is 42.7 Å². The summed E-state index contributed by atoms with van der Waals surface area (Å²) in [6, 6.07) is 0. The van der Waals surface area contributed by atoms with Gasteiger partial charge in [0.15, 0.2) is 12.6 Å². The van der Waals surface area contributed by atoms with Crippen LogP contribution in [0, 0.1) is 0 Å². The van der Waals surface area contributed by atoms with Gasteiger partial charge in [0, 0.05) is 0 Å². The van der Waals surface area contributed by atoms with Crippen LogP contribution in [-0.4, -0.2) is 109 Å². The van der Waals surface area contributed by atoms with Gasteiger partial charge in [-0.15, -0.1) is 0 Å². The number of ether oxygens (including phenoxy) is 3. The molecular weight excluding hydrogens is 384 g/mol. The van der Waals surface area contributed by atoms with E-state index in [9.17, 15) is 25.5 Å². The van der Waals surface area contributed by atoms with Gasteiger partial charge in [0.2, 0.25) is 0 Å². The molecule has 10 nitrogen and oxygen atoms in total. The summed E-state index contributed by atoms with van der Waals surface area (Å²) in [5, 5.41) is 67.5. The molecule has 2 aliphatic heterocycles. The first-order valence-electron chi connectivity index (χ1n) is 7.04. The molecule has 0 aliphatic carbocycles. The Bertz CT molecular complexity index is 385. The van der Waals surface area contributed by atoms with Crippen LogP contribution in [0.1, 0.15) is 0 Å². The number of alkyl halides is 1. The van der Waals surface area contributed by atoms with Crippen molar-refractivity contribution in [2.75, 3.05) is 13.2 Å². The first-order valence-corrected chi connectivity index (χ1v) is 7.95. The van der Waals surface area contributed by atoms with Gasteiger partial charge in [-0.2, -0.15) is 0 Å². The van der Waals surface area contributed by atoms with Gasteiger partial charge >= 0.3 is 0 Å². The molecule has 2 saturated heterocycles. The van der Waals surface area contributed by atoms with Crippen LogP contribution in [0.25, 0.3) is 0 Å². The van der Waals surface area contributed by atoms with Crippen molar-refractivity contribution in [1.29, 1.82) is 0 Å². The van der Waals surface area contributed by atoms with Crippen LogP contribution in [-0.2, 0) is 14.2 Å². The second-order valence-electron chi connectivity index (χ2n) is 5.48. The highest BCUT2D eigenvalue weighted by Gasteiger charge is 2.49. The summed E-state index contributed by atoms with van der Waals surface area (Å²) >= 11 is 3.08. The molecule has 136 valence electrons. The van der Waals surface area contributed by atoms with Crippen molar-refractivity contribution in [3.63, 3.8) is 0 Å². The lowest BCUT2D eigenvalue weighted by Gasteiger charge is -2.45. The molecule has 23 heavy (non-hydrogen) atoms. The Hall–Kier alpha value is 0.0800. The van der Waals surface area contributed by atoms with Crippen molar-refractivity contribution in [2.45, 2.75) is 60.1 Å². The lowest BCUT2D eigenvalue weighted by Crippen LogP contribution is -2.63. The number of aliphatic hydroxyl groups is 7. The second-order valence-corrected chi connectivity index (χ2v) is 6.54. The van der Waals surface area contributed by atoms with Crippen molar-refractivity contribution >= 4 is 15.9 Å². The average Bonchev–Trinajstić information content (AvgIpc) is 2.54. The van der Waals surface area contributed by atoms with Crippen molar-refractivity contribution in [3.8, 4) is 0 Å². The van der Waals surface area contributed by atoms with E-state index in [1.165, 1.54) is 0 Å². The Morgan fingerprint density at radius 3 is 1.91 bits per heavy atom. The van der Waals surface area contributed by atoms with Crippen LogP contribution < -0.4 is 0 Å². The summed E-state index contributed by atoms with van der Waals surface area (Å²) in [6.45, 7) is -1.20. The normalized spacial score (nSPS) is 51.7. The number of rotatable bonds is 4. The molecule has 11 heteroatoms. The van der Waals surface area contributed by atoms with Crippen molar-refractivity contribution in [1.82, 2.24) is 0 Å². The predicted octanol–water partition coefficient (Wildman–Crippen LogP) is -3.99. The van der Waals surface area contributed by atoms with Crippen LogP contribution >= 0.6 is 15.9 Å². The smallest absolute Gasteiger partial charge is 0.187 e. The van der Waals surface area contributed by atoms with Crippen LogP contribution in [0.3, 0.4) is 0 Å². The van der Waals surface area contributed by atoms with E-state index in [1.54, 1.807) is 0 Å². The predicted molar refractivity (Wildman–Crippen MR) is 75.3 cm³/mol. The van der Waals surface area contributed by atoms with Gasteiger partial charge in [-0.25, -0.2) is 0 Å². The van der Waals surface area contributed by atoms with Crippen molar-refractivity contribution in [3.05, 3.63) is 0 Å². The fourth-order valence-corrected chi connectivity index (χ4v) is 3.10. The molecule has 0 spiro atoms. The molecule has 2 aliphatic rings. The van der Waals surface area contributed by atoms with E-state index in [0.717, 1.165) is 0 Å². The quantitative estimate of drug-likeness (QED) is 0.229. The summed E-state index contributed by atoms with van der Waals surface area (Å²) < 4.78 is 15.6. The minimum absolute atomic E-state index is 0.577. The van der Waals surface area contributed by atoms with Crippen LogP contribution in [0.2, 0.25) is 0 Å². The molecule has 2 rings (SSSR count). The topological polar surface area (TPSA) is 169 Å². The molecule has 0 aromatic rings. The zero-order valence-electron chi connectivity index (χ0n) is 11.9. The minimum Gasteiger partial charge on any atom is -0.394 e. The Labute approximate surface area is 140 Å². The van der Waals surface area contributed by atoms with Gasteiger partial charge in [-0.3, -0.25) is 0 Å². The number of halogens is 1. The monoisotopic (exact) mass is 404 g/mol. The third-order valence-electron chi connectivity index (χ3n) is 3.94. The first-order chi connectivity index (χ1) is 10.8. The average molecular weight is 405 g/mol. The standard InChI is InChI=1S/C12H21BrO10/c13-5-10(7(17)4(2-15)21-11(5)20)23-12-9(19)8(18)6(16)3(1-14)22-12/h3-12,14-20H,1-2H2/t3?,4?,5?,6-,7-,8?,9?,10?,11?,12?/m0/s1. The largest absolute Gasteiger partial charge is 0.394 e. The zero-order valence-corrected chi connectivity index (χ0v) is 13.5. The maximum absolute atomic E-state index is 10.1. The van der Waals surface area contributed by atoms with Gasteiger partial charge in [-0.05, 0) is 0 Å². The van der Waals surface area contributed by atoms with Crippen LogP contribution in [0.4, 0.5) is 0 Å². The Kier molecular flexibility index (Phi) is 6.73. The maximum atomic E-state index is 10.1. The van der Waals surface area contributed by atoms with Gasteiger partial charge in [-0.1, -0.05) is 15.9 Å². The lowest BCUT2D eigenvalue weighted by molar-refractivity contribution is -0.334. The Morgan fingerprint density at radius 1 is 0.783 bits per heavy atom. The molecular formula is C12H21BrO10. The highest BCUT2D eigenvalue weighted by molar-refractivity contribution is 9.09. The molecule has 8 unspecified atom stereocenters. The number of aliphatic hydroxyl groups excluding tert-OH is 7. The van der Waals surface area contributed by atoms with Gasteiger partial charge in [0.05, 0.1) is 18.0 Å². The summed E-state index contributed by atoms with van der Waals surface area (Å²) in [5.74, 6) is 0. The van der Waals surface area contributed by atoms with E-state index in [-0.39, 0.29) is 0 Å². The summed E-state index contributed by atoms with van der Waals surface area (Å²) in [5.41, 5.74) is 0. The molecule has 7 N–H and O–H groups in total. The van der Waals surface area contributed by atoms with Crippen LogP contribution in [0.5, 0.6) is 0 Å². The second kappa shape index (κ2) is 7.97. The molecule has 0 amide bonds. The molecule has 2 fully saturated rings. The van der Waals surface area contributed by atoms with E-state index >= 15 is 0 Å². The molecule has 0 aromatic carbocycles. The van der Waals surface area contributed by atoms with Gasteiger partial charge in [0.25, 0.3) is 0 Å². The Morgan fingerprint density at radius 2 is 1.35 bits per heavy atom. The van der Waals surface area contributed by atoms with Crippen molar-refractivity contribution in [2.24, 2.45) is 0 Å². The SMILES string of the molecule is OCC1OC(OC2C(Br)C(O)OC(CO)[C@@H]2O)C(O)C(O)[C@H]1O. The lowest BCUT2D eigenvalue weighted by atomic mass is 9.98. The first kappa shape index (κ1) is 19.4.